The van der Waals surface area contributed by atoms with Gasteiger partial charge in [0.05, 0.1) is 11.2 Å². The number of aromatic carboxylic acids is 1. The van der Waals surface area contributed by atoms with Crippen LogP contribution in [0.2, 0.25) is 0 Å². The normalized spacial score (nSPS) is 10.9. The van der Waals surface area contributed by atoms with E-state index in [9.17, 15) is 4.79 Å². The summed E-state index contributed by atoms with van der Waals surface area (Å²) in [5.41, 5.74) is 0.573. The summed E-state index contributed by atoms with van der Waals surface area (Å²) in [5, 5.41) is 15.1. The first-order chi connectivity index (χ1) is 7.59. The quantitative estimate of drug-likeness (QED) is 0.889. The molecular formula is C10H10N2O3S. The Labute approximate surface area is 95.7 Å². The maximum absolute atomic E-state index is 10.9. The SMILES string of the molecule is CC(C)c1nc(-c2oncc2C(=O)O)cs1. The standard InChI is InChI=1S/C10H10N2O3S/c1-5(2)9-12-7(4-16-9)8-6(10(13)14)3-11-15-8/h3-5H,1-2H3,(H,13,14). The summed E-state index contributed by atoms with van der Waals surface area (Å²) in [6, 6.07) is 0. The van der Waals surface area contributed by atoms with Gasteiger partial charge in [0.1, 0.15) is 11.3 Å². The highest BCUT2D eigenvalue weighted by atomic mass is 32.1. The predicted octanol–water partition coefficient (Wildman–Crippen LogP) is 2.62. The molecule has 0 saturated heterocycles. The fraction of sp³-hybridized carbons (Fsp3) is 0.300. The molecule has 0 aromatic carbocycles. The average Bonchev–Trinajstić information content (AvgIpc) is 2.86. The van der Waals surface area contributed by atoms with Crippen LogP contribution in [-0.2, 0) is 0 Å². The van der Waals surface area contributed by atoms with Crippen LogP contribution in [0.3, 0.4) is 0 Å². The molecular weight excluding hydrogens is 228 g/mol. The summed E-state index contributed by atoms with van der Waals surface area (Å²) >= 11 is 1.48. The molecule has 2 heterocycles. The molecule has 0 fully saturated rings. The number of rotatable bonds is 3. The van der Waals surface area contributed by atoms with Gasteiger partial charge in [-0.3, -0.25) is 0 Å². The van der Waals surface area contributed by atoms with Gasteiger partial charge in [0.25, 0.3) is 0 Å². The summed E-state index contributed by atoms with van der Waals surface area (Å²) < 4.78 is 4.92. The Balaban J connectivity index is 2.42. The second-order valence-electron chi connectivity index (χ2n) is 3.60. The summed E-state index contributed by atoms with van der Waals surface area (Å²) in [6.45, 7) is 4.06. The van der Waals surface area contributed by atoms with Gasteiger partial charge in [-0.1, -0.05) is 19.0 Å². The molecule has 2 aromatic heterocycles. The van der Waals surface area contributed by atoms with Gasteiger partial charge in [0.15, 0.2) is 0 Å². The number of carboxylic acids is 1. The van der Waals surface area contributed by atoms with Crippen molar-refractivity contribution in [1.82, 2.24) is 10.1 Å². The van der Waals surface area contributed by atoms with Crippen LogP contribution in [0.5, 0.6) is 0 Å². The predicted molar refractivity (Wildman–Crippen MR) is 58.7 cm³/mol. The molecule has 2 aromatic rings. The van der Waals surface area contributed by atoms with Crippen LogP contribution in [0.25, 0.3) is 11.5 Å². The molecule has 1 N–H and O–H groups in total. The molecule has 0 aliphatic rings. The first-order valence-corrected chi connectivity index (χ1v) is 5.61. The minimum atomic E-state index is -1.06. The van der Waals surface area contributed by atoms with Gasteiger partial charge in [-0.25, -0.2) is 9.78 Å². The third kappa shape index (κ3) is 1.83. The lowest BCUT2D eigenvalue weighted by atomic mass is 10.2. The molecule has 0 bridgehead atoms. The summed E-state index contributed by atoms with van der Waals surface area (Å²) in [4.78, 5) is 15.2. The summed E-state index contributed by atoms with van der Waals surface area (Å²) in [6.07, 6.45) is 1.19. The third-order valence-electron chi connectivity index (χ3n) is 2.05. The highest BCUT2D eigenvalue weighted by Gasteiger charge is 2.19. The van der Waals surface area contributed by atoms with Crippen LogP contribution in [-0.4, -0.2) is 21.2 Å². The van der Waals surface area contributed by atoms with E-state index in [0.29, 0.717) is 11.6 Å². The summed E-state index contributed by atoms with van der Waals surface area (Å²) in [7, 11) is 0. The van der Waals surface area contributed by atoms with E-state index in [0.717, 1.165) is 5.01 Å². The second kappa shape index (κ2) is 4.05. The molecule has 16 heavy (non-hydrogen) atoms. The van der Waals surface area contributed by atoms with Gasteiger partial charge >= 0.3 is 5.97 Å². The van der Waals surface area contributed by atoms with Crippen LogP contribution in [0.1, 0.15) is 35.1 Å². The molecule has 0 aliphatic heterocycles. The Bertz CT molecular complexity index is 516. The van der Waals surface area contributed by atoms with Crippen molar-refractivity contribution in [2.45, 2.75) is 19.8 Å². The van der Waals surface area contributed by atoms with E-state index in [2.05, 4.69) is 10.1 Å². The minimum Gasteiger partial charge on any atom is -0.477 e. The van der Waals surface area contributed by atoms with Crippen LogP contribution in [0.4, 0.5) is 0 Å². The summed E-state index contributed by atoms with van der Waals surface area (Å²) in [5.74, 6) is -0.527. The Morgan fingerprint density at radius 2 is 2.31 bits per heavy atom. The Hall–Kier alpha value is -1.69. The van der Waals surface area contributed by atoms with Gasteiger partial charge in [0.2, 0.25) is 5.76 Å². The van der Waals surface area contributed by atoms with Crippen molar-refractivity contribution in [3.63, 3.8) is 0 Å². The highest BCUT2D eigenvalue weighted by Crippen LogP contribution is 2.28. The molecule has 2 rings (SSSR count). The van der Waals surface area contributed by atoms with Gasteiger partial charge < -0.3 is 9.63 Å². The van der Waals surface area contributed by atoms with Crippen molar-refractivity contribution < 1.29 is 14.4 Å². The number of aromatic nitrogens is 2. The van der Waals surface area contributed by atoms with Gasteiger partial charge in [-0.05, 0) is 0 Å². The molecule has 84 valence electrons. The molecule has 0 aliphatic carbocycles. The lowest BCUT2D eigenvalue weighted by Gasteiger charge is -1.96. The molecule has 0 radical (unpaired) electrons. The van der Waals surface area contributed by atoms with Crippen molar-refractivity contribution in [3.05, 3.63) is 22.1 Å². The number of carbonyl (C=O) groups is 1. The van der Waals surface area contributed by atoms with Gasteiger partial charge in [0, 0.05) is 11.3 Å². The fourth-order valence-corrected chi connectivity index (χ4v) is 2.05. The van der Waals surface area contributed by atoms with Crippen molar-refractivity contribution >= 4 is 17.3 Å². The van der Waals surface area contributed by atoms with E-state index >= 15 is 0 Å². The number of carboxylic acid groups (broad SMARTS) is 1. The molecule has 0 saturated carbocycles. The van der Waals surface area contributed by atoms with Crippen molar-refractivity contribution in [1.29, 1.82) is 0 Å². The maximum atomic E-state index is 10.9. The van der Waals surface area contributed by atoms with E-state index in [1.165, 1.54) is 17.5 Å². The monoisotopic (exact) mass is 238 g/mol. The largest absolute Gasteiger partial charge is 0.477 e. The number of hydrogen-bond acceptors (Lipinski definition) is 5. The average molecular weight is 238 g/mol. The smallest absolute Gasteiger partial charge is 0.341 e. The zero-order valence-electron chi connectivity index (χ0n) is 8.80. The zero-order chi connectivity index (χ0) is 11.7. The topological polar surface area (TPSA) is 76.2 Å². The van der Waals surface area contributed by atoms with Crippen LogP contribution in [0, 0.1) is 0 Å². The zero-order valence-corrected chi connectivity index (χ0v) is 9.61. The molecule has 0 spiro atoms. The van der Waals surface area contributed by atoms with Crippen LogP contribution in [0.15, 0.2) is 16.1 Å². The van der Waals surface area contributed by atoms with E-state index in [4.69, 9.17) is 9.63 Å². The molecule has 0 unspecified atom stereocenters. The molecule has 0 amide bonds. The molecule has 6 heteroatoms. The van der Waals surface area contributed by atoms with E-state index < -0.39 is 5.97 Å². The molecule has 0 atom stereocenters. The van der Waals surface area contributed by atoms with Crippen molar-refractivity contribution in [3.8, 4) is 11.5 Å². The fourth-order valence-electron chi connectivity index (χ4n) is 1.23. The van der Waals surface area contributed by atoms with Crippen molar-refractivity contribution in [2.75, 3.05) is 0 Å². The van der Waals surface area contributed by atoms with Gasteiger partial charge in [-0.15, -0.1) is 11.3 Å². The first kappa shape index (κ1) is 10.8. The van der Waals surface area contributed by atoms with Crippen LogP contribution >= 0.6 is 11.3 Å². The number of nitrogens with zero attached hydrogens (tertiary/aromatic N) is 2. The van der Waals surface area contributed by atoms with Crippen molar-refractivity contribution in [2.24, 2.45) is 0 Å². The maximum Gasteiger partial charge on any atom is 0.341 e. The lowest BCUT2D eigenvalue weighted by molar-refractivity contribution is 0.0697. The number of hydrogen-bond donors (Lipinski definition) is 1. The van der Waals surface area contributed by atoms with E-state index in [-0.39, 0.29) is 11.3 Å². The van der Waals surface area contributed by atoms with Crippen LogP contribution < -0.4 is 0 Å². The first-order valence-electron chi connectivity index (χ1n) is 4.73. The second-order valence-corrected chi connectivity index (χ2v) is 4.49. The Morgan fingerprint density at radius 3 is 2.88 bits per heavy atom. The van der Waals surface area contributed by atoms with E-state index in [1.807, 2.05) is 13.8 Å². The Morgan fingerprint density at radius 1 is 1.56 bits per heavy atom. The van der Waals surface area contributed by atoms with Gasteiger partial charge in [-0.2, -0.15) is 0 Å². The number of thiazole rings is 1. The highest BCUT2D eigenvalue weighted by molar-refractivity contribution is 7.10. The lowest BCUT2D eigenvalue weighted by Crippen LogP contribution is -1.96. The Kier molecular flexibility index (Phi) is 2.74. The minimum absolute atomic E-state index is 0.0422. The molecule has 5 nitrogen and oxygen atoms in total. The third-order valence-corrected chi connectivity index (χ3v) is 3.19. The van der Waals surface area contributed by atoms with E-state index in [1.54, 1.807) is 5.38 Å².